The van der Waals surface area contributed by atoms with Gasteiger partial charge in [-0.05, 0) is 24.3 Å². The molecule has 3 aromatic carbocycles. The highest BCUT2D eigenvalue weighted by Crippen LogP contribution is 2.36. The van der Waals surface area contributed by atoms with E-state index >= 15 is 0 Å². The Kier molecular flexibility index (Phi) is 7.64. The lowest BCUT2D eigenvalue weighted by atomic mass is 10.1. The summed E-state index contributed by atoms with van der Waals surface area (Å²) in [5.41, 5.74) is 5.93. The second kappa shape index (κ2) is 11.3. The quantitative estimate of drug-likeness (QED) is 0.251. The third-order valence-electron chi connectivity index (χ3n) is 6.46. The Hall–Kier alpha value is -4.19. The number of morpholine rings is 1. The van der Waals surface area contributed by atoms with Crippen molar-refractivity contribution >= 4 is 45.5 Å². The van der Waals surface area contributed by atoms with Crippen molar-refractivity contribution in [2.45, 2.75) is 0 Å². The van der Waals surface area contributed by atoms with Gasteiger partial charge in [0.1, 0.15) is 28.6 Å². The van der Waals surface area contributed by atoms with Crippen molar-refractivity contribution in [2.75, 3.05) is 57.1 Å². The molecule has 5 rings (SSSR count). The molecule has 1 fully saturated rings. The molecule has 11 nitrogen and oxygen atoms in total. The number of pyridine rings is 1. The van der Waals surface area contributed by atoms with Crippen LogP contribution in [0.5, 0.6) is 17.2 Å². The highest BCUT2D eigenvalue weighted by molar-refractivity contribution is 6.33. The molecule has 1 amide bonds. The van der Waals surface area contributed by atoms with Crippen LogP contribution >= 0.6 is 11.6 Å². The van der Waals surface area contributed by atoms with Crippen molar-refractivity contribution in [3.05, 3.63) is 73.6 Å². The van der Waals surface area contributed by atoms with Crippen LogP contribution in [0.2, 0.25) is 5.02 Å². The number of ether oxygens (including phenoxy) is 3. The Labute approximate surface area is 228 Å². The zero-order valence-electron chi connectivity index (χ0n) is 21.1. The van der Waals surface area contributed by atoms with Crippen LogP contribution in [0.3, 0.4) is 0 Å². The lowest BCUT2D eigenvalue weighted by Crippen LogP contribution is -2.41. The van der Waals surface area contributed by atoms with E-state index in [0.29, 0.717) is 53.6 Å². The van der Waals surface area contributed by atoms with Crippen molar-refractivity contribution in [3.8, 4) is 17.2 Å². The summed E-state index contributed by atoms with van der Waals surface area (Å²) in [5, 5.41) is 6.87. The van der Waals surface area contributed by atoms with Gasteiger partial charge < -0.3 is 30.6 Å². The largest absolute Gasteiger partial charge is 0.496 e. The van der Waals surface area contributed by atoms with Gasteiger partial charge in [0.2, 0.25) is 0 Å². The number of carbonyl (C=O) groups excluding carboxylic acids is 1. The number of aromatic nitrogens is 1. The highest BCUT2D eigenvalue weighted by Gasteiger charge is 2.22. The van der Waals surface area contributed by atoms with E-state index < -0.39 is 16.8 Å². The first-order chi connectivity index (χ1) is 18.9. The first-order valence-electron chi connectivity index (χ1n) is 12.2. The van der Waals surface area contributed by atoms with Gasteiger partial charge in [-0.15, -0.1) is 0 Å². The summed E-state index contributed by atoms with van der Waals surface area (Å²) in [5.74, 6) is 0.501. The molecule has 4 N–H and O–H groups in total. The number of hydrogen-bond donors (Lipinski definition) is 3. The zero-order valence-corrected chi connectivity index (χ0v) is 21.8. The van der Waals surface area contributed by atoms with E-state index in [1.54, 1.807) is 42.6 Å². The molecule has 12 heteroatoms. The lowest BCUT2D eigenvalue weighted by molar-refractivity contribution is 0.0398. The number of halogens is 1. The van der Waals surface area contributed by atoms with E-state index in [2.05, 4.69) is 20.5 Å². The average molecular weight is 552 g/mol. The zero-order chi connectivity index (χ0) is 27.5. The molecule has 1 aliphatic rings. The van der Waals surface area contributed by atoms with Crippen LogP contribution in [0.4, 0.5) is 17.1 Å². The number of hydrogen-bond acceptors (Lipinski definition) is 10. The number of nitrogens with zero attached hydrogens (tertiary/aromatic N) is 2. The predicted octanol–water partition coefficient (Wildman–Crippen LogP) is 2.87. The minimum Gasteiger partial charge on any atom is -0.496 e. The molecule has 2 heterocycles. The number of rotatable bonds is 10. The fourth-order valence-electron chi connectivity index (χ4n) is 4.36. The van der Waals surface area contributed by atoms with Gasteiger partial charge in [0, 0.05) is 49.9 Å². The van der Waals surface area contributed by atoms with E-state index in [9.17, 15) is 14.4 Å². The molecular formula is C27H26ClN5O6. The summed E-state index contributed by atoms with van der Waals surface area (Å²) in [6, 6.07) is 9.71. The van der Waals surface area contributed by atoms with Crippen molar-refractivity contribution < 1.29 is 19.0 Å². The molecule has 0 atom stereocenters. The van der Waals surface area contributed by atoms with Crippen LogP contribution in [0, 0.1) is 0 Å². The fraction of sp³-hybridized carbons (Fsp3) is 0.259. The lowest BCUT2D eigenvalue weighted by Gasteiger charge is -2.27. The van der Waals surface area contributed by atoms with E-state index in [-0.39, 0.29) is 22.0 Å². The van der Waals surface area contributed by atoms with Crippen molar-refractivity contribution in [1.29, 1.82) is 0 Å². The second-order valence-corrected chi connectivity index (χ2v) is 9.31. The fourth-order valence-corrected chi connectivity index (χ4v) is 4.58. The number of methoxy groups -OCH3 is 1. The van der Waals surface area contributed by atoms with E-state index in [1.165, 1.54) is 7.11 Å². The molecule has 39 heavy (non-hydrogen) atoms. The predicted molar refractivity (Wildman–Crippen MR) is 149 cm³/mol. The van der Waals surface area contributed by atoms with Crippen molar-refractivity contribution in [1.82, 2.24) is 9.88 Å². The van der Waals surface area contributed by atoms with Gasteiger partial charge in [-0.3, -0.25) is 24.3 Å². The van der Waals surface area contributed by atoms with Crippen LogP contribution in [0.15, 0.2) is 52.2 Å². The van der Waals surface area contributed by atoms with Gasteiger partial charge in [-0.2, -0.15) is 0 Å². The maximum atomic E-state index is 12.3. The van der Waals surface area contributed by atoms with E-state index in [1.807, 2.05) is 0 Å². The van der Waals surface area contributed by atoms with Gasteiger partial charge in [0.15, 0.2) is 0 Å². The van der Waals surface area contributed by atoms with Gasteiger partial charge in [0.05, 0.1) is 42.1 Å². The molecule has 1 aromatic heterocycles. The van der Waals surface area contributed by atoms with Crippen LogP contribution in [-0.2, 0) is 4.74 Å². The number of primary amides is 1. The maximum Gasteiger partial charge on any atom is 0.253 e. The number of carbonyl (C=O) groups is 1. The normalized spacial score (nSPS) is 13.9. The van der Waals surface area contributed by atoms with Crippen LogP contribution in [0.25, 0.3) is 10.9 Å². The Morgan fingerprint density at radius 2 is 1.87 bits per heavy atom. The first-order valence-corrected chi connectivity index (χ1v) is 12.6. The Morgan fingerprint density at radius 3 is 2.59 bits per heavy atom. The Balaban J connectivity index is 1.31. The van der Waals surface area contributed by atoms with Gasteiger partial charge in [0.25, 0.3) is 16.8 Å². The molecule has 202 valence electrons. The summed E-state index contributed by atoms with van der Waals surface area (Å²) >= 11 is 6.49. The molecule has 0 bridgehead atoms. The summed E-state index contributed by atoms with van der Waals surface area (Å²) in [4.78, 5) is 42.8. The van der Waals surface area contributed by atoms with E-state index in [4.69, 9.17) is 31.5 Å². The number of fused-ring (bicyclic) bond motifs is 1. The van der Waals surface area contributed by atoms with E-state index in [0.717, 1.165) is 19.6 Å². The topological polar surface area (TPSA) is 145 Å². The Morgan fingerprint density at radius 1 is 1.10 bits per heavy atom. The number of nitrogens with one attached hydrogen (secondary N) is 2. The molecule has 1 saturated heterocycles. The number of anilines is 3. The maximum absolute atomic E-state index is 12.3. The van der Waals surface area contributed by atoms with Gasteiger partial charge in [-0.1, -0.05) is 11.6 Å². The number of amides is 1. The summed E-state index contributed by atoms with van der Waals surface area (Å²) in [7, 11) is 1.44. The smallest absolute Gasteiger partial charge is 0.253 e. The molecule has 0 radical (unpaired) electrons. The monoisotopic (exact) mass is 551 g/mol. The second-order valence-electron chi connectivity index (χ2n) is 8.90. The minimum absolute atomic E-state index is 0.172. The van der Waals surface area contributed by atoms with Crippen molar-refractivity contribution in [2.24, 2.45) is 5.73 Å². The van der Waals surface area contributed by atoms with Crippen molar-refractivity contribution in [3.63, 3.8) is 0 Å². The molecule has 4 aromatic rings. The number of benzene rings is 2. The molecule has 0 spiro atoms. The van der Waals surface area contributed by atoms with Gasteiger partial charge in [-0.25, -0.2) is 0 Å². The molecular weight excluding hydrogens is 526 g/mol. The van der Waals surface area contributed by atoms with Crippen LogP contribution in [-0.4, -0.2) is 62.3 Å². The third kappa shape index (κ3) is 5.51. The SMILES string of the molecule is COc1cc2nccc(Oc3ccc(Nc4c(NCCN5CCOCC5)c(=O)c4=O)c(Cl)c3)c2cc1C(N)=O. The van der Waals surface area contributed by atoms with Crippen LogP contribution < -0.4 is 36.7 Å². The minimum atomic E-state index is -0.643. The van der Waals surface area contributed by atoms with Gasteiger partial charge >= 0.3 is 0 Å². The third-order valence-corrected chi connectivity index (χ3v) is 6.77. The molecule has 0 unspecified atom stereocenters. The first kappa shape index (κ1) is 26.4. The Bertz CT molecular complexity index is 1610. The summed E-state index contributed by atoms with van der Waals surface area (Å²) < 4.78 is 16.6. The average Bonchev–Trinajstić information content (AvgIpc) is 2.95. The summed E-state index contributed by atoms with van der Waals surface area (Å²) in [6.45, 7) is 4.28. The molecule has 0 aliphatic carbocycles. The molecule has 1 aliphatic heterocycles. The number of nitrogens with two attached hydrogens (primary N) is 1. The summed E-state index contributed by atoms with van der Waals surface area (Å²) in [6.07, 6.45) is 1.57. The molecule has 0 saturated carbocycles. The standard InChI is InChI=1S/C27H26ClN5O6/c1-37-22-14-20-16(13-17(22)27(29)36)21(4-5-30-20)39-15-2-3-19(18(28)12-15)32-24-23(25(34)26(24)35)31-6-7-33-8-10-38-11-9-33/h2-5,12-14,31-32H,6-11H2,1H3,(H2,29,36). The van der Waals surface area contributed by atoms with Crippen LogP contribution in [0.1, 0.15) is 10.4 Å². The highest BCUT2D eigenvalue weighted by atomic mass is 35.5.